The van der Waals surface area contributed by atoms with Gasteiger partial charge in [-0.05, 0) is 30.3 Å². The lowest BCUT2D eigenvalue weighted by Crippen LogP contribution is -1.99. The Labute approximate surface area is 125 Å². The van der Waals surface area contributed by atoms with Gasteiger partial charge in [0.2, 0.25) is 0 Å². The van der Waals surface area contributed by atoms with Crippen LogP contribution in [0.1, 0.15) is 10.4 Å². The molecule has 0 fully saturated rings. The van der Waals surface area contributed by atoms with Gasteiger partial charge in [-0.1, -0.05) is 6.07 Å². The molecule has 22 heavy (non-hydrogen) atoms. The highest BCUT2D eigenvalue weighted by molar-refractivity contribution is 5.95. The maximum atomic E-state index is 10.8. The Bertz CT molecular complexity index is 898. The zero-order valence-corrected chi connectivity index (χ0v) is 11.3. The van der Waals surface area contributed by atoms with E-state index in [-0.39, 0.29) is 5.56 Å². The lowest BCUT2D eigenvalue weighted by Gasteiger charge is -2.09. The molecule has 2 heterocycles. The number of carboxylic acids is 1. The fraction of sp³-hybridized carbons (Fsp3) is 0. The molecule has 0 unspecified atom stereocenters. The van der Waals surface area contributed by atoms with E-state index in [1.165, 1.54) is 12.3 Å². The van der Waals surface area contributed by atoms with Gasteiger partial charge in [-0.25, -0.2) is 14.6 Å². The van der Waals surface area contributed by atoms with E-state index in [1.807, 2.05) is 0 Å². The third-order valence-corrected chi connectivity index (χ3v) is 3.13. The van der Waals surface area contributed by atoms with Crippen molar-refractivity contribution in [3.8, 4) is 0 Å². The Balaban J connectivity index is 1.99. The fourth-order valence-corrected chi connectivity index (χ4v) is 2.05. The first-order valence-electron chi connectivity index (χ1n) is 6.40. The first-order chi connectivity index (χ1) is 10.7. The zero-order valence-electron chi connectivity index (χ0n) is 11.3. The molecule has 106 valence electrons. The Hall–Kier alpha value is -3.46. The number of fused-ring (bicyclic) bond motifs is 1. The molecule has 0 radical (unpaired) electrons. The molecule has 0 atom stereocenters. The van der Waals surface area contributed by atoms with Crippen LogP contribution in [-0.4, -0.2) is 21.0 Å². The predicted molar refractivity (Wildman–Crippen MR) is 82.5 cm³/mol. The molecule has 2 N–H and O–H groups in total. The number of hydrogen-bond donors (Lipinski definition) is 2. The standard InChI is InChI=1S/C16H10N4O2/c1-17-11-3-4-13-12(8-11)14(6-7-18-13)20-15-5-2-10(9-19-15)16(21)22/h2-9H,(H,21,22)(H,18,19,20). The number of pyridine rings is 2. The van der Waals surface area contributed by atoms with Gasteiger partial charge in [-0.2, -0.15) is 0 Å². The molecule has 0 spiro atoms. The quantitative estimate of drug-likeness (QED) is 0.720. The number of carbonyl (C=O) groups is 1. The summed E-state index contributed by atoms with van der Waals surface area (Å²) in [5, 5.41) is 12.8. The zero-order chi connectivity index (χ0) is 15.5. The van der Waals surface area contributed by atoms with Gasteiger partial charge >= 0.3 is 5.97 Å². The van der Waals surface area contributed by atoms with Gasteiger partial charge in [0.05, 0.1) is 17.7 Å². The van der Waals surface area contributed by atoms with Gasteiger partial charge in [-0.3, -0.25) is 4.98 Å². The maximum Gasteiger partial charge on any atom is 0.337 e. The minimum atomic E-state index is -1.02. The summed E-state index contributed by atoms with van der Waals surface area (Å²) in [6.45, 7) is 7.09. The van der Waals surface area contributed by atoms with Gasteiger partial charge in [0.1, 0.15) is 5.82 Å². The highest BCUT2D eigenvalue weighted by atomic mass is 16.4. The van der Waals surface area contributed by atoms with E-state index in [1.54, 1.807) is 36.5 Å². The van der Waals surface area contributed by atoms with Crippen LogP contribution in [0.4, 0.5) is 17.2 Å². The van der Waals surface area contributed by atoms with Gasteiger partial charge in [0, 0.05) is 23.5 Å². The Morgan fingerprint density at radius 3 is 2.73 bits per heavy atom. The van der Waals surface area contributed by atoms with Crippen LogP contribution in [0.2, 0.25) is 0 Å². The van der Waals surface area contributed by atoms with E-state index >= 15 is 0 Å². The molecule has 0 saturated carbocycles. The molecule has 6 heteroatoms. The van der Waals surface area contributed by atoms with Gasteiger partial charge in [0.15, 0.2) is 5.69 Å². The molecular weight excluding hydrogens is 280 g/mol. The monoisotopic (exact) mass is 290 g/mol. The van der Waals surface area contributed by atoms with Crippen LogP contribution in [0.3, 0.4) is 0 Å². The van der Waals surface area contributed by atoms with E-state index in [0.717, 1.165) is 16.6 Å². The van der Waals surface area contributed by atoms with Crippen LogP contribution in [0.25, 0.3) is 15.7 Å². The van der Waals surface area contributed by atoms with Gasteiger partial charge < -0.3 is 10.4 Å². The van der Waals surface area contributed by atoms with Gasteiger partial charge in [0.25, 0.3) is 0 Å². The molecule has 2 aromatic heterocycles. The van der Waals surface area contributed by atoms with Crippen molar-refractivity contribution in [1.29, 1.82) is 0 Å². The number of carboxylic acid groups (broad SMARTS) is 1. The molecule has 3 aromatic rings. The lowest BCUT2D eigenvalue weighted by molar-refractivity contribution is 0.0696. The van der Waals surface area contributed by atoms with Crippen molar-refractivity contribution >= 4 is 34.1 Å². The van der Waals surface area contributed by atoms with Crippen molar-refractivity contribution in [1.82, 2.24) is 9.97 Å². The third kappa shape index (κ3) is 2.55. The van der Waals surface area contributed by atoms with Gasteiger partial charge in [-0.15, -0.1) is 0 Å². The minimum absolute atomic E-state index is 0.125. The van der Waals surface area contributed by atoms with Crippen LogP contribution in [0.5, 0.6) is 0 Å². The molecule has 1 aromatic carbocycles. The predicted octanol–water partition coefficient (Wildman–Crippen LogP) is 3.62. The Morgan fingerprint density at radius 1 is 1.18 bits per heavy atom. The van der Waals surface area contributed by atoms with E-state index < -0.39 is 5.97 Å². The second-order valence-corrected chi connectivity index (χ2v) is 4.53. The highest BCUT2D eigenvalue weighted by Crippen LogP contribution is 2.28. The van der Waals surface area contributed by atoms with Crippen molar-refractivity contribution in [2.75, 3.05) is 5.32 Å². The largest absolute Gasteiger partial charge is 0.478 e. The van der Waals surface area contributed by atoms with Crippen LogP contribution in [0.15, 0.2) is 48.8 Å². The summed E-state index contributed by atoms with van der Waals surface area (Å²) in [5.74, 6) is -0.499. The summed E-state index contributed by atoms with van der Waals surface area (Å²) in [6, 6.07) is 10.1. The third-order valence-electron chi connectivity index (χ3n) is 3.13. The second-order valence-electron chi connectivity index (χ2n) is 4.53. The number of nitrogens with one attached hydrogen (secondary N) is 1. The second kappa shape index (κ2) is 5.50. The van der Waals surface area contributed by atoms with E-state index in [4.69, 9.17) is 11.7 Å². The topological polar surface area (TPSA) is 79.5 Å². The van der Waals surface area contributed by atoms with Crippen LogP contribution < -0.4 is 5.32 Å². The van der Waals surface area contributed by atoms with Crippen molar-refractivity contribution < 1.29 is 9.90 Å². The number of rotatable bonds is 3. The van der Waals surface area contributed by atoms with Crippen molar-refractivity contribution in [2.24, 2.45) is 0 Å². The maximum absolute atomic E-state index is 10.8. The summed E-state index contributed by atoms with van der Waals surface area (Å²) in [6.07, 6.45) is 2.95. The number of anilines is 2. The summed E-state index contributed by atoms with van der Waals surface area (Å²) in [5.41, 5.74) is 2.17. The smallest absolute Gasteiger partial charge is 0.337 e. The first kappa shape index (κ1) is 13.5. The van der Waals surface area contributed by atoms with Crippen molar-refractivity contribution in [2.45, 2.75) is 0 Å². The average molecular weight is 290 g/mol. The van der Waals surface area contributed by atoms with Crippen molar-refractivity contribution in [3.05, 3.63) is 65.8 Å². The van der Waals surface area contributed by atoms with E-state index in [9.17, 15) is 4.79 Å². The number of aromatic carboxylic acids is 1. The van der Waals surface area contributed by atoms with E-state index in [2.05, 4.69) is 20.1 Å². The molecule has 6 nitrogen and oxygen atoms in total. The lowest BCUT2D eigenvalue weighted by atomic mass is 10.1. The fourth-order valence-electron chi connectivity index (χ4n) is 2.05. The number of aromatic nitrogens is 2. The molecule has 3 rings (SSSR count). The average Bonchev–Trinajstić information content (AvgIpc) is 2.55. The minimum Gasteiger partial charge on any atom is -0.478 e. The summed E-state index contributed by atoms with van der Waals surface area (Å²) in [7, 11) is 0. The normalized spacial score (nSPS) is 10.1. The van der Waals surface area contributed by atoms with Crippen LogP contribution >= 0.6 is 0 Å². The number of hydrogen-bond acceptors (Lipinski definition) is 4. The molecular formula is C16H10N4O2. The summed E-state index contributed by atoms with van der Waals surface area (Å²) in [4.78, 5) is 22.6. The molecule has 0 aliphatic heterocycles. The summed E-state index contributed by atoms with van der Waals surface area (Å²) < 4.78 is 0. The van der Waals surface area contributed by atoms with E-state index in [0.29, 0.717) is 11.5 Å². The van der Waals surface area contributed by atoms with Crippen LogP contribution in [0, 0.1) is 6.57 Å². The Kier molecular flexibility index (Phi) is 3.38. The van der Waals surface area contributed by atoms with Crippen molar-refractivity contribution in [3.63, 3.8) is 0 Å². The Morgan fingerprint density at radius 2 is 2.05 bits per heavy atom. The molecule has 0 amide bonds. The first-order valence-corrected chi connectivity index (χ1v) is 6.40. The molecule has 0 aliphatic carbocycles. The molecule has 0 aliphatic rings. The summed E-state index contributed by atoms with van der Waals surface area (Å²) >= 11 is 0. The molecule has 0 bridgehead atoms. The number of benzene rings is 1. The number of nitrogens with zero attached hydrogens (tertiary/aromatic N) is 3. The highest BCUT2D eigenvalue weighted by Gasteiger charge is 2.06. The van der Waals surface area contributed by atoms with Crippen LogP contribution in [-0.2, 0) is 0 Å². The SMILES string of the molecule is [C-]#[N+]c1ccc2nccc(Nc3ccc(C(=O)O)cn3)c2c1. The molecule has 0 saturated heterocycles.